The van der Waals surface area contributed by atoms with Crippen molar-refractivity contribution in [2.45, 2.75) is 13.8 Å². The van der Waals surface area contributed by atoms with Crippen LogP contribution in [0.3, 0.4) is 0 Å². The number of aryl methyl sites for hydroxylation is 1. The van der Waals surface area contributed by atoms with Crippen molar-refractivity contribution in [2.24, 2.45) is 0 Å². The van der Waals surface area contributed by atoms with Crippen molar-refractivity contribution in [3.63, 3.8) is 0 Å². The van der Waals surface area contributed by atoms with Gasteiger partial charge < -0.3 is 0 Å². The fourth-order valence-corrected chi connectivity index (χ4v) is 2.97. The van der Waals surface area contributed by atoms with Crippen LogP contribution in [-0.2, 0) is 0 Å². The number of nitrogens with zero attached hydrogens (tertiary/aromatic N) is 2. The number of rotatable bonds is 2. The number of hydrogen-bond acceptors (Lipinski definition) is 3. The Morgan fingerprint density at radius 2 is 1.33 bits per heavy atom. The number of para-hydroxylation sites is 3. The van der Waals surface area contributed by atoms with E-state index in [9.17, 15) is 4.79 Å². The summed E-state index contributed by atoms with van der Waals surface area (Å²) in [5, 5.41) is 0. The summed E-state index contributed by atoms with van der Waals surface area (Å²) in [7, 11) is 0. The second kappa shape index (κ2) is 5.53. The molecular formula is C21H16N2O. The molecule has 3 heteroatoms. The fraction of sp³-hybridized carbons (Fsp3) is 0.0952. The van der Waals surface area contributed by atoms with E-state index < -0.39 is 0 Å². The molecule has 0 aliphatic carbocycles. The van der Waals surface area contributed by atoms with Crippen LogP contribution in [0.15, 0.2) is 60.7 Å². The smallest absolute Gasteiger partial charge is 0.195 e. The molecule has 0 aliphatic rings. The van der Waals surface area contributed by atoms with Gasteiger partial charge in [0.05, 0.1) is 22.1 Å². The van der Waals surface area contributed by atoms with Gasteiger partial charge in [-0.05, 0) is 49.2 Å². The molecule has 4 rings (SSSR count). The van der Waals surface area contributed by atoms with Crippen molar-refractivity contribution >= 4 is 27.9 Å². The summed E-state index contributed by atoms with van der Waals surface area (Å²) in [6, 6.07) is 19.1. The zero-order valence-corrected chi connectivity index (χ0v) is 13.6. The van der Waals surface area contributed by atoms with Crippen molar-refractivity contribution < 1.29 is 4.79 Å². The molecule has 0 amide bonds. The second-order valence-corrected chi connectivity index (χ2v) is 5.96. The van der Waals surface area contributed by atoms with Crippen LogP contribution in [0, 0.1) is 13.8 Å². The van der Waals surface area contributed by atoms with E-state index in [4.69, 9.17) is 4.98 Å². The first kappa shape index (κ1) is 14.5. The Kier molecular flexibility index (Phi) is 3.35. The quantitative estimate of drug-likeness (QED) is 0.400. The van der Waals surface area contributed by atoms with E-state index in [2.05, 4.69) is 4.98 Å². The molecule has 116 valence electrons. The monoisotopic (exact) mass is 312 g/mol. The number of aromatic nitrogens is 2. The highest BCUT2D eigenvalue weighted by molar-refractivity contribution is 6.16. The predicted octanol–water partition coefficient (Wildman–Crippen LogP) is 4.63. The zero-order valence-electron chi connectivity index (χ0n) is 13.6. The van der Waals surface area contributed by atoms with Gasteiger partial charge >= 0.3 is 0 Å². The molecule has 3 aromatic carbocycles. The Morgan fingerprint density at radius 3 is 2.12 bits per heavy atom. The molecule has 24 heavy (non-hydrogen) atoms. The van der Waals surface area contributed by atoms with Crippen LogP contribution in [-0.4, -0.2) is 15.8 Å². The minimum atomic E-state index is -0.00798. The Hall–Kier alpha value is -3.07. The van der Waals surface area contributed by atoms with Crippen molar-refractivity contribution in [1.82, 2.24) is 9.97 Å². The first-order valence-corrected chi connectivity index (χ1v) is 7.91. The van der Waals surface area contributed by atoms with E-state index in [-0.39, 0.29) is 5.78 Å². The highest BCUT2D eigenvalue weighted by Crippen LogP contribution is 2.23. The lowest BCUT2D eigenvalue weighted by Crippen LogP contribution is -2.06. The van der Waals surface area contributed by atoms with Crippen LogP contribution in [0.5, 0.6) is 0 Å². The maximum absolute atomic E-state index is 13.1. The third-order valence-corrected chi connectivity index (χ3v) is 4.46. The van der Waals surface area contributed by atoms with Crippen molar-refractivity contribution in [1.29, 1.82) is 0 Å². The number of benzene rings is 3. The van der Waals surface area contributed by atoms with Gasteiger partial charge in [0.1, 0.15) is 5.52 Å². The van der Waals surface area contributed by atoms with Gasteiger partial charge in [-0.15, -0.1) is 0 Å². The van der Waals surface area contributed by atoms with E-state index in [1.165, 1.54) is 0 Å². The van der Waals surface area contributed by atoms with E-state index in [1.807, 2.05) is 74.5 Å². The fourth-order valence-electron chi connectivity index (χ4n) is 2.97. The first-order chi connectivity index (χ1) is 11.6. The SMILES string of the molecule is Cc1cccc(C(=O)c2cccc3nc4ccccc4nc23)c1C. The molecule has 0 aliphatic heterocycles. The topological polar surface area (TPSA) is 42.9 Å². The minimum Gasteiger partial charge on any atom is -0.289 e. The zero-order chi connectivity index (χ0) is 16.7. The first-order valence-electron chi connectivity index (χ1n) is 7.91. The summed E-state index contributed by atoms with van der Waals surface area (Å²) in [4.78, 5) is 22.4. The third-order valence-electron chi connectivity index (χ3n) is 4.46. The maximum atomic E-state index is 13.1. The summed E-state index contributed by atoms with van der Waals surface area (Å²) in [6.45, 7) is 4.00. The van der Waals surface area contributed by atoms with E-state index in [1.54, 1.807) is 0 Å². The van der Waals surface area contributed by atoms with Gasteiger partial charge in [-0.1, -0.05) is 36.4 Å². The van der Waals surface area contributed by atoms with Crippen LogP contribution in [0.1, 0.15) is 27.0 Å². The van der Waals surface area contributed by atoms with Crippen molar-refractivity contribution in [2.75, 3.05) is 0 Å². The van der Waals surface area contributed by atoms with Gasteiger partial charge in [-0.3, -0.25) is 4.79 Å². The molecule has 0 saturated carbocycles. The normalized spacial score (nSPS) is 11.1. The Balaban J connectivity index is 1.97. The van der Waals surface area contributed by atoms with Gasteiger partial charge in [0.2, 0.25) is 0 Å². The van der Waals surface area contributed by atoms with Gasteiger partial charge in [0.15, 0.2) is 5.78 Å². The molecule has 0 saturated heterocycles. The second-order valence-electron chi connectivity index (χ2n) is 5.96. The number of ketones is 1. The summed E-state index contributed by atoms with van der Waals surface area (Å²) in [5.74, 6) is -0.00798. The van der Waals surface area contributed by atoms with Gasteiger partial charge in [0, 0.05) is 5.56 Å². The Labute approximate surface area is 140 Å². The molecule has 0 spiro atoms. The van der Waals surface area contributed by atoms with Crippen LogP contribution in [0.25, 0.3) is 22.1 Å². The average Bonchev–Trinajstić information content (AvgIpc) is 2.61. The molecular weight excluding hydrogens is 296 g/mol. The van der Waals surface area contributed by atoms with Crippen LogP contribution in [0.4, 0.5) is 0 Å². The molecule has 1 aromatic heterocycles. The lowest BCUT2D eigenvalue weighted by atomic mass is 9.95. The summed E-state index contributed by atoms with van der Waals surface area (Å²) >= 11 is 0. The predicted molar refractivity (Wildman–Crippen MR) is 96.4 cm³/mol. The highest BCUT2D eigenvalue weighted by Gasteiger charge is 2.17. The molecule has 1 heterocycles. The van der Waals surface area contributed by atoms with Crippen molar-refractivity contribution in [3.05, 3.63) is 82.9 Å². The number of hydrogen-bond donors (Lipinski definition) is 0. The lowest BCUT2D eigenvalue weighted by molar-refractivity contribution is 0.103. The van der Waals surface area contributed by atoms with E-state index in [0.717, 1.165) is 33.2 Å². The summed E-state index contributed by atoms with van der Waals surface area (Å²) < 4.78 is 0. The van der Waals surface area contributed by atoms with Crippen LogP contribution < -0.4 is 0 Å². The average molecular weight is 312 g/mol. The molecule has 0 fully saturated rings. The maximum Gasteiger partial charge on any atom is 0.195 e. The molecule has 4 aromatic rings. The summed E-state index contributed by atoms with van der Waals surface area (Å²) in [5.41, 5.74) is 6.46. The van der Waals surface area contributed by atoms with Gasteiger partial charge in [0.25, 0.3) is 0 Å². The number of carbonyl (C=O) groups is 1. The molecule has 0 bridgehead atoms. The van der Waals surface area contributed by atoms with Gasteiger partial charge in [-0.2, -0.15) is 0 Å². The van der Waals surface area contributed by atoms with Crippen LogP contribution >= 0.6 is 0 Å². The number of fused-ring (bicyclic) bond motifs is 2. The Bertz CT molecular complexity index is 1100. The Morgan fingerprint density at radius 1 is 0.708 bits per heavy atom. The van der Waals surface area contributed by atoms with E-state index in [0.29, 0.717) is 11.1 Å². The van der Waals surface area contributed by atoms with E-state index >= 15 is 0 Å². The largest absolute Gasteiger partial charge is 0.289 e. The molecule has 0 radical (unpaired) electrons. The van der Waals surface area contributed by atoms with Gasteiger partial charge in [-0.25, -0.2) is 9.97 Å². The minimum absolute atomic E-state index is 0.00798. The molecule has 0 unspecified atom stereocenters. The molecule has 3 nitrogen and oxygen atoms in total. The molecule has 0 atom stereocenters. The lowest BCUT2D eigenvalue weighted by Gasteiger charge is -2.10. The molecule has 0 N–H and O–H groups in total. The van der Waals surface area contributed by atoms with Crippen LogP contribution in [0.2, 0.25) is 0 Å². The number of carbonyl (C=O) groups excluding carboxylic acids is 1. The van der Waals surface area contributed by atoms with Crippen molar-refractivity contribution in [3.8, 4) is 0 Å². The summed E-state index contributed by atoms with van der Waals surface area (Å²) in [6.07, 6.45) is 0. The highest BCUT2D eigenvalue weighted by atomic mass is 16.1. The standard InChI is InChI=1S/C21H16N2O/c1-13-7-5-8-15(14(13)2)21(24)16-9-6-12-19-20(16)23-18-11-4-3-10-17(18)22-19/h3-12H,1-2H3. The third kappa shape index (κ3) is 2.26.